The highest BCUT2D eigenvalue weighted by Gasteiger charge is 2.10. The summed E-state index contributed by atoms with van der Waals surface area (Å²) in [6.45, 7) is 2.20. The van der Waals surface area contributed by atoms with Gasteiger partial charge in [0.15, 0.2) is 18.9 Å². The van der Waals surface area contributed by atoms with Crippen molar-refractivity contribution in [2.75, 3.05) is 6.61 Å². The van der Waals surface area contributed by atoms with Crippen molar-refractivity contribution in [3.05, 3.63) is 71.4 Å². The van der Waals surface area contributed by atoms with Gasteiger partial charge < -0.3 is 9.94 Å². The third-order valence-corrected chi connectivity index (χ3v) is 2.74. The van der Waals surface area contributed by atoms with Gasteiger partial charge in [-0.05, 0) is 24.3 Å². The van der Waals surface area contributed by atoms with Crippen LogP contribution in [0.4, 0.5) is 0 Å². The minimum Gasteiger partial charge on any atom is -0.623 e. The third kappa shape index (κ3) is 4.14. The van der Waals surface area contributed by atoms with Gasteiger partial charge in [-0.15, -0.1) is 0 Å². The smallest absolute Gasteiger partial charge is 0.194 e. The number of rotatable bonds is 5. The lowest BCUT2D eigenvalue weighted by Crippen LogP contribution is -2.26. The number of hydrogen-bond acceptors (Lipinski definition) is 2. The Hall–Kier alpha value is -2.29. The summed E-state index contributed by atoms with van der Waals surface area (Å²) in [5.74, 6) is 0.780. The average molecular weight is 255 g/mol. The van der Waals surface area contributed by atoms with Crippen LogP contribution in [0, 0.1) is 5.21 Å². The van der Waals surface area contributed by atoms with Gasteiger partial charge in [0.1, 0.15) is 5.75 Å². The molecular weight excluding hydrogens is 238 g/mol. The lowest BCUT2D eigenvalue weighted by Gasteiger charge is -2.13. The quantitative estimate of drug-likeness (QED) is 0.356. The first-order valence-electron chi connectivity index (χ1n) is 6.29. The Morgan fingerprint density at radius 3 is 2.26 bits per heavy atom. The molecule has 0 radical (unpaired) electrons. The Bertz CT molecular complexity index is 523. The van der Waals surface area contributed by atoms with E-state index in [4.69, 9.17) is 4.74 Å². The van der Waals surface area contributed by atoms with E-state index in [1.807, 2.05) is 67.6 Å². The zero-order valence-electron chi connectivity index (χ0n) is 10.9. The van der Waals surface area contributed by atoms with Crippen molar-refractivity contribution >= 4 is 6.21 Å². The fourth-order valence-electron chi connectivity index (χ4n) is 1.62. The van der Waals surface area contributed by atoms with Crippen LogP contribution in [0.2, 0.25) is 0 Å². The Labute approximate surface area is 113 Å². The van der Waals surface area contributed by atoms with E-state index in [-0.39, 0.29) is 6.04 Å². The van der Waals surface area contributed by atoms with E-state index >= 15 is 0 Å². The maximum absolute atomic E-state index is 11.9. The monoisotopic (exact) mass is 255 g/mol. The molecule has 0 N–H and O–H groups in total. The van der Waals surface area contributed by atoms with Crippen LogP contribution in [0.15, 0.2) is 60.7 Å². The van der Waals surface area contributed by atoms with Gasteiger partial charge in [0.25, 0.3) is 0 Å². The summed E-state index contributed by atoms with van der Waals surface area (Å²) in [4.78, 5) is 0. The molecule has 2 aromatic rings. The molecule has 0 heterocycles. The third-order valence-electron chi connectivity index (χ3n) is 2.74. The first kappa shape index (κ1) is 13.1. The lowest BCUT2D eigenvalue weighted by atomic mass is 10.2. The second-order valence-corrected chi connectivity index (χ2v) is 4.37. The van der Waals surface area contributed by atoms with Gasteiger partial charge in [-0.25, -0.2) is 4.74 Å². The zero-order chi connectivity index (χ0) is 13.5. The number of hydrogen-bond donors (Lipinski definition) is 0. The first-order valence-corrected chi connectivity index (χ1v) is 6.29. The van der Waals surface area contributed by atoms with E-state index in [0.29, 0.717) is 6.61 Å². The normalized spacial score (nSPS) is 13.0. The van der Waals surface area contributed by atoms with Crippen molar-refractivity contribution in [3.8, 4) is 5.75 Å². The average Bonchev–Trinajstić information content (AvgIpc) is 2.47. The molecule has 1 atom stereocenters. The highest BCUT2D eigenvalue weighted by molar-refractivity contribution is 5.75. The number of hydroxylamine groups is 1. The predicted molar refractivity (Wildman–Crippen MR) is 76.6 cm³/mol. The van der Waals surface area contributed by atoms with Crippen LogP contribution in [-0.2, 0) is 0 Å². The van der Waals surface area contributed by atoms with Crippen LogP contribution in [-0.4, -0.2) is 23.6 Å². The van der Waals surface area contributed by atoms with Crippen LogP contribution >= 0.6 is 0 Å². The van der Waals surface area contributed by atoms with Gasteiger partial charge in [0.2, 0.25) is 0 Å². The summed E-state index contributed by atoms with van der Waals surface area (Å²) in [6, 6.07) is 18.8. The van der Waals surface area contributed by atoms with Crippen LogP contribution in [0.3, 0.4) is 0 Å². The second-order valence-electron chi connectivity index (χ2n) is 4.37. The van der Waals surface area contributed by atoms with E-state index < -0.39 is 0 Å². The summed E-state index contributed by atoms with van der Waals surface area (Å²) >= 11 is 0. The molecule has 2 aromatic carbocycles. The molecule has 0 aliphatic heterocycles. The van der Waals surface area contributed by atoms with Gasteiger partial charge in [-0.2, -0.15) is 0 Å². The summed E-state index contributed by atoms with van der Waals surface area (Å²) < 4.78 is 6.49. The first-order chi connectivity index (χ1) is 9.25. The van der Waals surface area contributed by atoms with Crippen molar-refractivity contribution in [1.82, 2.24) is 0 Å². The van der Waals surface area contributed by atoms with E-state index in [1.165, 1.54) is 0 Å². The molecule has 98 valence electrons. The summed E-state index contributed by atoms with van der Waals surface area (Å²) in [5.41, 5.74) is 0.893. The Morgan fingerprint density at radius 1 is 1.05 bits per heavy atom. The second kappa shape index (κ2) is 6.59. The SMILES string of the molecule is CC(COc1ccccc1)[N+]([O-])=Cc1ccccc1. The standard InChI is InChI=1S/C16H17NO2/c1-14(13-19-16-10-6-3-7-11-16)17(18)12-15-8-4-2-5-9-15/h2-12,14H,13H2,1H3. The van der Waals surface area contributed by atoms with Crippen molar-refractivity contribution in [2.45, 2.75) is 13.0 Å². The lowest BCUT2D eigenvalue weighted by molar-refractivity contribution is -0.494. The molecule has 0 aliphatic carbocycles. The molecular formula is C16H17NO2. The topological polar surface area (TPSA) is 35.3 Å². The van der Waals surface area contributed by atoms with E-state index in [1.54, 1.807) is 6.21 Å². The van der Waals surface area contributed by atoms with Gasteiger partial charge in [-0.3, -0.25) is 0 Å². The Morgan fingerprint density at radius 2 is 1.63 bits per heavy atom. The summed E-state index contributed by atoms with van der Waals surface area (Å²) in [6.07, 6.45) is 1.58. The molecule has 1 unspecified atom stereocenters. The molecule has 0 aliphatic rings. The largest absolute Gasteiger partial charge is 0.623 e. The van der Waals surface area contributed by atoms with Crippen molar-refractivity contribution < 1.29 is 9.48 Å². The molecule has 0 spiro atoms. The van der Waals surface area contributed by atoms with Crippen LogP contribution < -0.4 is 4.74 Å². The molecule has 3 nitrogen and oxygen atoms in total. The van der Waals surface area contributed by atoms with E-state index in [0.717, 1.165) is 16.1 Å². The molecule has 2 rings (SSSR count). The molecule has 0 amide bonds. The van der Waals surface area contributed by atoms with Crippen molar-refractivity contribution in [1.29, 1.82) is 0 Å². The maximum Gasteiger partial charge on any atom is 0.194 e. The molecule has 3 heteroatoms. The maximum atomic E-state index is 11.9. The summed E-state index contributed by atoms with van der Waals surface area (Å²) in [5, 5.41) is 11.9. The molecule has 0 aromatic heterocycles. The van der Waals surface area contributed by atoms with Crippen LogP contribution in [0.1, 0.15) is 12.5 Å². The molecule has 19 heavy (non-hydrogen) atoms. The Balaban J connectivity index is 1.93. The minimum absolute atomic E-state index is 0.236. The minimum atomic E-state index is -0.236. The van der Waals surface area contributed by atoms with Gasteiger partial charge in [-0.1, -0.05) is 36.4 Å². The zero-order valence-corrected chi connectivity index (χ0v) is 10.9. The molecule has 0 fully saturated rings. The van der Waals surface area contributed by atoms with Crippen molar-refractivity contribution in [3.63, 3.8) is 0 Å². The molecule has 0 bridgehead atoms. The fraction of sp³-hybridized carbons (Fsp3) is 0.188. The van der Waals surface area contributed by atoms with Gasteiger partial charge >= 0.3 is 0 Å². The highest BCUT2D eigenvalue weighted by atomic mass is 16.5. The van der Waals surface area contributed by atoms with Crippen LogP contribution in [0.5, 0.6) is 5.75 Å². The Kier molecular flexibility index (Phi) is 4.56. The number of benzene rings is 2. The highest BCUT2D eigenvalue weighted by Crippen LogP contribution is 2.09. The fourth-order valence-corrected chi connectivity index (χ4v) is 1.62. The predicted octanol–water partition coefficient (Wildman–Crippen LogP) is 3.08. The van der Waals surface area contributed by atoms with E-state index in [9.17, 15) is 5.21 Å². The molecule has 0 saturated carbocycles. The molecule has 0 saturated heterocycles. The van der Waals surface area contributed by atoms with Crippen LogP contribution in [0.25, 0.3) is 0 Å². The number of para-hydroxylation sites is 1. The number of nitrogens with zero attached hydrogens (tertiary/aromatic N) is 1. The summed E-state index contributed by atoms with van der Waals surface area (Å²) in [7, 11) is 0. The van der Waals surface area contributed by atoms with Crippen molar-refractivity contribution in [2.24, 2.45) is 0 Å². The van der Waals surface area contributed by atoms with Gasteiger partial charge in [0, 0.05) is 12.5 Å². The van der Waals surface area contributed by atoms with E-state index in [2.05, 4.69) is 0 Å². The van der Waals surface area contributed by atoms with Gasteiger partial charge in [0.05, 0.1) is 0 Å². The number of ether oxygens (including phenoxy) is 1.